The van der Waals surface area contributed by atoms with E-state index in [-0.39, 0.29) is 12.1 Å². The Balaban J connectivity index is 1.64. The number of benzene rings is 2. The largest absolute Gasteiger partial charge is 0.453 e. The van der Waals surface area contributed by atoms with E-state index >= 15 is 0 Å². The zero-order valence-corrected chi connectivity index (χ0v) is 19.3. The number of aryl methyl sites for hydroxylation is 1. The molecule has 1 fully saturated rings. The number of likely N-dealkylation sites (tertiary alicyclic amines) is 1. The minimum Gasteiger partial charge on any atom is -0.453 e. The quantitative estimate of drug-likeness (QED) is 0.637. The van der Waals surface area contributed by atoms with Gasteiger partial charge in [-0.2, -0.15) is 5.10 Å². The van der Waals surface area contributed by atoms with E-state index < -0.39 is 16.1 Å². The number of ether oxygens (including phenoxy) is 1. The molecule has 2 atom stereocenters. The van der Waals surface area contributed by atoms with E-state index in [0.29, 0.717) is 25.8 Å². The number of hydrogen-bond donors (Lipinski definition) is 1. The predicted molar refractivity (Wildman–Crippen MR) is 124 cm³/mol. The van der Waals surface area contributed by atoms with Gasteiger partial charge in [-0.05, 0) is 48.1 Å². The van der Waals surface area contributed by atoms with Crippen LogP contribution in [0.3, 0.4) is 0 Å². The third-order valence-corrected chi connectivity index (χ3v) is 6.74. The Hall–Kier alpha value is -2.91. The Labute approximate surface area is 188 Å². The number of nitrogens with zero attached hydrogens (tertiary/aromatic N) is 3. The van der Waals surface area contributed by atoms with Crippen LogP contribution in [-0.4, -0.2) is 61.2 Å². The second kappa shape index (κ2) is 8.91. The lowest BCUT2D eigenvalue weighted by molar-refractivity contribution is 0.0792. The molecule has 0 saturated carbocycles. The average Bonchev–Trinajstić information content (AvgIpc) is 3.14. The first-order chi connectivity index (χ1) is 15.2. The second-order valence-electron chi connectivity index (χ2n) is 8.32. The van der Waals surface area contributed by atoms with Gasteiger partial charge in [-0.15, -0.1) is 0 Å². The Kier molecular flexibility index (Phi) is 6.21. The van der Waals surface area contributed by atoms with Crippen molar-refractivity contribution in [3.05, 3.63) is 54.2 Å². The Morgan fingerprint density at radius 3 is 2.75 bits per heavy atom. The number of amides is 1. The highest BCUT2D eigenvalue weighted by atomic mass is 32.2. The molecule has 2 unspecified atom stereocenters. The number of piperidine rings is 1. The fraction of sp³-hybridized carbons (Fsp3) is 0.391. The van der Waals surface area contributed by atoms with Gasteiger partial charge in [-0.1, -0.05) is 30.3 Å². The molecule has 1 aliphatic rings. The normalized spacial score (nSPS) is 19.3. The minimum absolute atomic E-state index is 0.332. The summed E-state index contributed by atoms with van der Waals surface area (Å²) in [6.07, 6.45) is 4.46. The van der Waals surface area contributed by atoms with E-state index in [1.807, 2.05) is 36.1 Å². The highest BCUT2D eigenvalue weighted by Gasteiger charge is 2.36. The van der Waals surface area contributed by atoms with Gasteiger partial charge in [-0.25, -0.2) is 17.9 Å². The highest BCUT2D eigenvalue weighted by Crippen LogP contribution is 2.27. The van der Waals surface area contributed by atoms with Crippen LogP contribution < -0.4 is 4.72 Å². The van der Waals surface area contributed by atoms with Crippen molar-refractivity contribution in [3.8, 4) is 11.1 Å². The molecule has 3 aromatic rings. The van der Waals surface area contributed by atoms with E-state index in [9.17, 15) is 13.2 Å². The van der Waals surface area contributed by atoms with Crippen LogP contribution in [0, 0.1) is 0 Å². The molecule has 1 aromatic heterocycles. The smallest absolute Gasteiger partial charge is 0.409 e. The van der Waals surface area contributed by atoms with E-state index in [4.69, 9.17) is 4.74 Å². The molecule has 0 spiro atoms. The molecule has 170 valence electrons. The summed E-state index contributed by atoms with van der Waals surface area (Å²) in [6, 6.07) is 13.7. The lowest BCUT2D eigenvalue weighted by Crippen LogP contribution is -2.57. The maximum Gasteiger partial charge on any atom is 0.409 e. The van der Waals surface area contributed by atoms with Crippen molar-refractivity contribution in [2.75, 3.05) is 19.9 Å². The van der Waals surface area contributed by atoms with E-state index in [0.717, 1.165) is 33.8 Å². The zero-order valence-electron chi connectivity index (χ0n) is 18.5. The monoisotopic (exact) mass is 456 g/mol. The van der Waals surface area contributed by atoms with Crippen molar-refractivity contribution < 1.29 is 17.9 Å². The first-order valence-electron chi connectivity index (χ1n) is 10.6. The molecule has 0 aliphatic carbocycles. The predicted octanol–water partition coefficient (Wildman–Crippen LogP) is 2.93. The molecule has 9 heteroatoms. The molecule has 1 amide bonds. The summed E-state index contributed by atoms with van der Waals surface area (Å²) in [7, 11) is -0.145. The molecule has 4 rings (SSSR count). The lowest BCUT2D eigenvalue weighted by atomic mass is 9.90. The molecular formula is C23H28N4O4S. The van der Waals surface area contributed by atoms with Crippen molar-refractivity contribution in [3.63, 3.8) is 0 Å². The molecule has 1 N–H and O–H groups in total. The van der Waals surface area contributed by atoms with Crippen molar-refractivity contribution in [1.29, 1.82) is 0 Å². The fourth-order valence-electron chi connectivity index (χ4n) is 4.53. The van der Waals surface area contributed by atoms with Crippen LogP contribution in [0.5, 0.6) is 0 Å². The molecule has 1 saturated heterocycles. The number of rotatable bonds is 5. The summed E-state index contributed by atoms with van der Waals surface area (Å²) in [6.45, 7) is 0.538. The summed E-state index contributed by atoms with van der Waals surface area (Å²) in [5.74, 6) is 0. The van der Waals surface area contributed by atoms with Gasteiger partial charge in [0.1, 0.15) is 0 Å². The van der Waals surface area contributed by atoms with Gasteiger partial charge < -0.3 is 9.64 Å². The molecular weight excluding hydrogens is 428 g/mol. The van der Waals surface area contributed by atoms with Gasteiger partial charge in [0.25, 0.3) is 0 Å². The van der Waals surface area contributed by atoms with Crippen LogP contribution >= 0.6 is 0 Å². The van der Waals surface area contributed by atoms with Crippen molar-refractivity contribution >= 4 is 27.0 Å². The summed E-state index contributed by atoms with van der Waals surface area (Å²) in [5, 5.41) is 5.37. The Morgan fingerprint density at radius 2 is 2.00 bits per heavy atom. The van der Waals surface area contributed by atoms with Crippen LogP contribution in [0.15, 0.2) is 48.7 Å². The second-order valence-corrected chi connectivity index (χ2v) is 10.1. The van der Waals surface area contributed by atoms with Crippen LogP contribution in [0.1, 0.15) is 18.4 Å². The number of methoxy groups -OCH3 is 1. The summed E-state index contributed by atoms with van der Waals surface area (Å²) in [4.78, 5) is 14.1. The van der Waals surface area contributed by atoms with Crippen LogP contribution in [0.4, 0.5) is 4.79 Å². The van der Waals surface area contributed by atoms with Gasteiger partial charge in [0.15, 0.2) is 0 Å². The van der Waals surface area contributed by atoms with Crippen LogP contribution in [0.25, 0.3) is 22.0 Å². The number of carbonyl (C=O) groups is 1. The number of fused-ring (bicyclic) bond motifs is 1. The fourth-order valence-corrected chi connectivity index (χ4v) is 5.35. The number of hydrogen-bond acceptors (Lipinski definition) is 5. The van der Waals surface area contributed by atoms with Crippen LogP contribution in [-0.2, 0) is 28.2 Å². The van der Waals surface area contributed by atoms with Crippen molar-refractivity contribution in [1.82, 2.24) is 19.4 Å². The van der Waals surface area contributed by atoms with Gasteiger partial charge in [0.05, 0.1) is 31.1 Å². The number of carbonyl (C=O) groups excluding carboxylic acids is 1. The number of aromatic nitrogens is 2. The van der Waals surface area contributed by atoms with Gasteiger partial charge in [-0.3, -0.25) is 4.68 Å². The van der Waals surface area contributed by atoms with E-state index in [2.05, 4.69) is 34.1 Å². The summed E-state index contributed by atoms with van der Waals surface area (Å²) in [5.41, 5.74) is 4.22. The summed E-state index contributed by atoms with van der Waals surface area (Å²) < 4.78 is 33.4. The van der Waals surface area contributed by atoms with E-state index in [1.54, 1.807) is 4.90 Å². The van der Waals surface area contributed by atoms with E-state index in [1.165, 1.54) is 7.11 Å². The minimum atomic E-state index is -3.41. The zero-order chi connectivity index (χ0) is 22.9. The van der Waals surface area contributed by atoms with Crippen LogP contribution in [0.2, 0.25) is 0 Å². The average molecular weight is 457 g/mol. The maximum atomic E-state index is 12.4. The highest BCUT2D eigenvalue weighted by molar-refractivity contribution is 7.88. The maximum absolute atomic E-state index is 12.4. The number of nitrogens with one attached hydrogen (secondary N) is 1. The van der Waals surface area contributed by atoms with Gasteiger partial charge >= 0.3 is 6.09 Å². The molecule has 2 heterocycles. The third kappa shape index (κ3) is 4.78. The van der Waals surface area contributed by atoms with Crippen molar-refractivity contribution in [2.45, 2.75) is 31.3 Å². The first kappa shape index (κ1) is 22.3. The van der Waals surface area contributed by atoms with Gasteiger partial charge in [0, 0.05) is 25.0 Å². The summed E-state index contributed by atoms with van der Waals surface area (Å²) >= 11 is 0. The molecule has 8 nitrogen and oxygen atoms in total. The molecule has 2 aromatic carbocycles. The van der Waals surface area contributed by atoms with Gasteiger partial charge in [0.2, 0.25) is 10.0 Å². The third-order valence-electron chi connectivity index (χ3n) is 6.00. The Bertz CT molecular complexity index is 1240. The molecule has 1 aliphatic heterocycles. The SMILES string of the molecule is COC(=O)N1CCCC(NS(C)(=O)=O)C1Cc1cccc(-c2ccc3c(cnn3C)c2)c1. The molecule has 0 bridgehead atoms. The first-order valence-corrected chi connectivity index (χ1v) is 12.5. The molecule has 32 heavy (non-hydrogen) atoms. The van der Waals surface area contributed by atoms with Crippen molar-refractivity contribution in [2.24, 2.45) is 7.05 Å². The topological polar surface area (TPSA) is 93.5 Å². The standard InChI is InChI=1S/C23H28N4O4S/c1-26-21-10-9-18(14-19(21)15-24-26)17-7-4-6-16(12-17)13-22-20(25-32(3,29)30)8-5-11-27(22)23(28)31-2/h4,6-7,9-10,12,14-15,20,22,25H,5,8,11,13H2,1-3H3. The Morgan fingerprint density at radius 1 is 1.22 bits per heavy atom. The lowest BCUT2D eigenvalue weighted by Gasteiger charge is -2.40. The molecule has 0 radical (unpaired) electrons. The number of sulfonamides is 1.